The Balaban J connectivity index is 1.33. The fourth-order valence-corrected chi connectivity index (χ4v) is 4.23. The van der Waals surface area contributed by atoms with Crippen LogP contribution >= 0.6 is 0 Å². The fraction of sp³-hybridized carbons (Fsp3) is 0.393. The van der Waals surface area contributed by atoms with Crippen LogP contribution in [0.15, 0.2) is 77.7 Å². The Morgan fingerprint density at radius 1 is 0.939 bits per heavy atom. The summed E-state index contributed by atoms with van der Waals surface area (Å²) in [6.45, 7) is 6.16. The van der Waals surface area contributed by atoms with Crippen LogP contribution in [0, 0.1) is 0 Å². The standard InChI is InChI=1S/C28H34N2O3/c1-2-3-17-29-18-7-10-25(15-19-29)33-26-13-11-24(12-14-26)30-20-16-27(21-28(30)31)32-22-23-8-5-4-6-9-23/h4-6,8-9,11-14,16,20-21,25H,2-3,7,10,15,17-19,22H2,1H3/t25-/m1/s1. The molecule has 0 radical (unpaired) electrons. The molecule has 5 heteroatoms. The number of ether oxygens (including phenoxy) is 2. The molecule has 1 saturated heterocycles. The third-order valence-corrected chi connectivity index (χ3v) is 6.15. The Morgan fingerprint density at radius 3 is 2.52 bits per heavy atom. The highest BCUT2D eigenvalue weighted by molar-refractivity contribution is 5.38. The lowest BCUT2D eigenvalue weighted by Gasteiger charge is -2.20. The molecule has 0 unspecified atom stereocenters. The number of nitrogens with zero attached hydrogens (tertiary/aromatic N) is 2. The zero-order chi connectivity index (χ0) is 22.9. The van der Waals surface area contributed by atoms with E-state index >= 15 is 0 Å². The minimum absolute atomic E-state index is 0.120. The van der Waals surface area contributed by atoms with E-state index in [2.05, 4.69) is 11.8 Å². The van der Waals surface area contributed by atoms with E-state index in [9.17, 15) is 4.79 Å². The van der Waals surface area contributed by atoms with Crippen LogP contribution < -0.4 is 15.0 Å². The average Bonchev–Trinajstić information content (AvgIpc) is 3.08. The minimum atomic E-state index is -0.120. The lowest BCUT2D eigenvalue weighted by atomic mass is 10.1. The molecule has 2 heterocycles. The number of unbranched alkanes of at least 4 members (excludes halogenated alkanes) is 1. The molecule has 0 N–H and O–H groups in total. The number of benzene rings is 2. The number of likely N-dealkylation sites (tertiary alicyclic amines) is 1. The molecular weight excluding hydrogens is 412 g/mol. The largest absolute Gasteiger partial charge is 0.490 e. The smallest absolute Gasteiger partial charge is 0.258 e. The second-order valence-corrected chi connectivity index (χ2v) is 8.70. The third kappa shape index (κ3) is 6.72. The predicted molar refractivity (Wildman–Crippen MR) is 132 cm³/mol. The normalized spacial score (nSPS) is 16.8. The Bertz CT molecular complexity index is 1050. The van der Waals surface area contributed by atoms with Crippen molar-refractivity contribution in [3.05, 3.63) is 88.8 Å². The van der Waals surface area contributed by atoms with Crippen LogP contribution in [0.5, 0.6) is 11.5 Å². The Morgan fingerprint density at radius 2 is 1.76 bits per heavy atom. The average molecular weight is 447 g/mol. The highest BCUT2D eigenvalue weighted by atomic mass is 16.5. The molecule has 1 aliphatic heterocycles. The number of hydrogen-bond acceptors (Lipinski definition) is 4. The summed E-state index contributed by atoms with van der Waals surface area (Å²) in [5.41, 5.74) is 1.76. The highest BCUT2D eigenvalue weighted by Gasteiger charge is 2.18. The molecule has 0 bridgehead atoms. The van der Waals surface area contributed by atoms with Gasteiger partial charge in [0.25, 0.3) is 5.56 Å². The zero-order valence-electron chi connectivity index (χ0n) is 19.5. The molecule has 1 aromatic heterocycles. The van der Waals surface area contributed by atoms with E-state index in [-0.39, 0.29) is 11.7 Å². The van der Waals surface area contributed by atoms with E-state index in [1.165, 1.54) is 38.4 Å². The molecule has 4 rings (SSSR count). The van der Waals surface area contributed by atoms with E-state index in [0.717, 1.165) is 36.4 Å². The first kappa shape index (κ1) is 23.1. The number of rotatable bonds is 9. The van der Waals surface area contributed by atoms with Gasteiger partial charge in [0, 0.05) is 24.5 Å². The van der Waals surface area contributed by atoms with Gasteiger partial charge in [0.05, 0.1) is 6.10 Å². The van der Waals surface area contributed by atoms with Gasteiger partial charge in [-0.25, -0.2) is 0 Å². The topological polar surface area (TPSA) is 43.7 Å². The van der Waals surface area contributed by atoms with Crippen molar-refractivity contribution in [3.8, 4) is 17.2 Å². The highest BCUT2D eigenvalue weighted by Crippen LogP contribution is 2.21. The van der Waals surface area contributed by atoms with Crippen molar-refractivity contribution in [2.45, 2.75) is 51.7 Å². The molecule has 1 aliphatic rings. The van der Waals surface area contributed by atoms with Gasteiger partial charge in [0.2, 0.25) is 0 Å². The molecule has 0 saturated carbocycles. The maximum absolute atomic E-state index is 12.6. The molecule has 3 aromatic rings. The van der Waals surface area contributed by atoms with Gasteiger partial charge in [-0.3, -0.25) is 9.36 Å². The van der Waals surface area contributed by atoms with Gasteiger partial charge in [-0.1, -0.05) is 43.7 Å². The van der Waals surface area contributed by atoms with Crippen LogP contribution in [0.4, 0.5) is 0 Å². The first-order valence-corrected chi connectivity index (χ1v) is 12.1. The van der Waals surface area contributed by atoms with Crippen molar-refractivity contribution < 1.29 is 9.47 Å². The van der Waals surface area contributed by atoms with Crippen molar-refractivity contribution in [2.24, 2.45) is 0 Å². The first-order valence-electron chi connectivity index (χ1n) is 12.1. The molecule has 174 valence electrons. The molecule has 5 nitrogen and oxygen atoms in total. The molecule has 1 fully saturated rings. The molecular formula is C28H34N2O3. The van der Waals surface area contributed by atoms with Crippen LogP contribution in [0.25, 0.3) is 5.69 Å². The van der Waals surface area contributed by atoms with E-state index in [4.69, 9.17) is 9.47 Å². The predicted octanol–water partition coefficient (Wildman–Crippen LogP) is 5.45. The Hall–Kier alpha value is -3.05. The SMILES string of the molecule is CCCCN1CCC[C@@H](Oc2ccc(-n3ccc(OCc4ccccc4)cc3=O)cc2)CC1. The zero-order valence-corrected chi connectivity index (χ0v) is 19.5. The van der Waals surface area contributed by atoms with Crippen LogP contribution in [-0.4, -0.2) is 35.2 Å². The van der Waals surface area contributed by atoms with Gasteiger partial charge in [0.15, 0.2) is 0 Å². The quantitative estimate of drug-likeness (QED) is 0.438. The lowest BCUT2D eigenvalue weighted by Crippen LogP contribution is -2.26. The van der Waals surface area contributed by atoms with Crippen LogP contribution in [0.3, 0.4) is 0 Å². The van der Waals surface area contributed by atoms with Crippen molar-refractivity contribution >= 4 is 0 Å². The summed E-state index contributed by atoms with van der Waals surface area (Å²) < 4.78 is 13.7. The molecule has 0 amide bonds. The summed E-state index contributed by atoms with van der Waals surface area (Å²) in [5, 5.41) is 0. The fourth-order valence-electron chi connectivity index (χ4n) is 4.23. The first-order chi connectivity index (χ1) is 16.2. The van der Waals surface area contributed by atoms with E-state index in [0.29, 0.717) is 12.4 Å². The van der Waals surface area contributed by atoms with Gasteiger partial charge in [0.1, 0.15) is 18.1 Å². The monoisotopic (exact) mass is 446 g/mol. The van der Waals surface area contributed by atoms with Gasteiger partial charge in [-0.2, -0.15) is 0 Å². The lowest BCUT2D eigenvalue weighted by molar-refractivity contribution is 0.180. The van der Waals surface area contributed by atoms with Crippen molar-refractivity contribution in [2.75, 3.05) is 19.6 Å². The maximum Gasteiger partial charge on any atom is 0.258 e. The molecule has 33 heavy (non-hydrogen) atoms. The summed E-state index contributed by atoms with van der Waals surface area (Å²) in [6.07, 6.45) is 7.87. The Kier molecular flexibility index (Phi) is 8.20. The van der Waals surface area contributed by atoms with Crippen molar-refractivity contribution in [3.63, 3.8) is 0 Å². The van der Waals surface area contributed by atoms with Crippen LogP contribution in [0.1, 0.15) is 44.6 Å². The van der Waals surface area contributed by atoms with Gasteiger partial charge in [-0.15, -0.1) is 0 Å². The summed E-state index contributed by atoms with van der Waals surface area (Å²) in [4.78, 5) is 15.2. The van der Waals surface area contributed by atoms with Crippen LogP contribution in [0.2, 0.25) is 0 Å². The van der Waals surface area contributed by atoms with Gasteiger partial charge >= 0.3 is 0 Å². The van der Waals surface area contributed by atoms with Crippen LogP contribution in [-0.2, 0) is 6.61 Å². The van der Waals surface area contributed by atoms with E-state index in [1.54, 1.807) is 10.8 Å². The third-order valence-electron chi connectivity index (χ3n) is 6.15. The molecule has 1 atom stereocenters. The van der Waals surface area contributed by atoms with E-state index < -0.39 is 0 Å². The van der Waals surface area contributed by atoms with Gasteiger partial charge in [-0.05, 0) is 74.7 Å². The molecule has 0 spiro atoms. The number of aromatic nitrogens is 1. The molecule has 2 aromatic carbocycles. The summed E-state index contributed by atoms with van der Waals surface area (Å²) in [6, 6.07) is 21.1. The summed E-state index contributed by atoms with van der Waals surface area (Å²) >= 11 is 0. The number of hydrogen-bond donors (Lipinski definition) is 0. The van der Waals surface area contributed by atoms with Gasteiger partial charge < -0.3 is 14.4 Å². The summed E-state index contributed by atoms with van der Waals surface area (Å²) in [5.74, 6) is 1.43. The van der Waals surface area contributed by atoms with E-state index in [1.807, 2.05) is 60.7 Å². The summed E-state index contributed by atoms with van der Waals surface area (Å²) in [7, 11) is 0. The number of pyridine rings is 1. The minimum Gasteiger partial charge on any atom is -0.490 e. The second kappa shape index (κ2) is 11.7. The van der Waals surface area contributed by atoms with Crippen molar-refractivity contribution in [1.29, 1.82) is 0 Å². The van der Waals surface area contributed by atoms with Crippen molar-refractivity contribution in [1.82, 2.24) is 9.47 Å². The Labute approximate surface area is 196 Å². The maximum atomic E-state index is 12.6. The second-order valence-electron chi connectivity index (χ2n) is 8.70. The molecule has 0 aliphatic carbocycles.